The molecule has 19 heavy (non-hydrogen) atoms. The SMILES string of the molecule is Cc1oc(C)c(C(O)Cc2c(Cl)cccc2Cl)c1C. The number of aryl methyl sites for hydroxylation is 2. The molecule has 0 radical (unpaired) electrons. The van der Waals surface area contributed by atoms with Crippen molar-refractivity contribution < 1.29 is 9.52 Å². The van der Waals surface area contributed by atoms with Crippen LogP contribution in [-0.4, -0.2) is 5.11 Å². The van der Waals surface area contributed by atoms with Crippen LogP contribution in [0.15, 0.2) is 22.6 Å². The van der Waals surface area contributed by atoms with Gasteiger partial charge in [0, 0.05) is 22.0 Å². The Kier molecular flexibility index (Phi) is 4.24. The molecule has 4 heteroatoms. The molecular formula is C15H16Cl2O2. The van der Waals surface area contributed by atoms with Crippen LogP contribution in [0.2, 0.25) is 10.0 Å². The van der Waals surface area contributed by atoms with E-state index in [-0.39, 0.29) is 0 Å². The first-order valence-electron chi connectivity index (χ1n) is 6.09. The molecule has 2 nitrogen and oxygen atoms in total. The maximum absolute atomic E-state index is 10.4. The van der Waals surface area contributed by atoms with Gasteiger partial charge in [-0.2, -0.15) is 0 Å². The van der Waals surface area contributed by atoms with Gasteiger partial charge in [-0.1, -0.05) is 29.3 Å². The molecule has 102 valence electrons. The third-order valence-corrected chi connectivity index (χ3v) is 4.12. The van der Waals surface area contributed by atoms with E-state index in [0.29, 0.717) is 16.5 Å². The second-order valence-electron chi connectivity index (χ2n) is 4.67. The minimum absolute atomic E-state index is 0.374. The largest absolute Gasteiger partial charge is 0.466 e. The Bertz CT molecular complexity index is 582. The van der Waals surface area contributed by atoms with Crippen LogP contribution in [0.25, 0.3) is 0 Å². The summed E-state index contributed by atoms with van der Waals surface area (Å²) in [6, 6.07) is 5.34. The van der Waals surface area contributed by atoms with E-state index in [2.05, 4.69) is 0 Å². The van der Waals surface area contributed by atoms with Gasteiger partial charge in [0.2, 0.25) is 0 Å². The highest BCUT2D eigenvalue weighted by atomic mass is 35.5. The lowest BCUT2D eigenvalue weighted by molar-refractivity contribution is 0.176. The first-order valence-corrected chi connectivity index (χ1v) is 6.84. The molecule has 0 aliphatic carbocycles. The van der Waals surface area contributed by atoms with Gasteiger partial charge in [-0.3, -0.25) is 0 Å². The molecule has 0 saturated carbocycles. The van der Waals surface area contributed by atoms with Crippen molar-refractivity contribution in [2.45, 2.75) is 33.3 Å². The zero-order valence-corrected chi connectivity index (χ0v) is 12.6. The van der Waals surface area contributed by atoms with Crippen molar-refractivity contribution in [1.29, 1.82) is 0 Å². The molecule has 0 aliphatic heterocycles. The monoisotopic (exact) mass is 298 g/mol. The number of furan rings is 1. The fourth-order valence-electron chi connectivity index (χ4n) is 2.32. The third kappa shape index (κ3) is 2.81. The van der Waals surface area contributed by atoms with Crippen LogP contribution in [0.4, 0.5) is 0 Å². The molecule has 1 heterocycles. The van der Waals surface area contributed by atoms with Crippen molar-refractivity contribution in [1.82, 2.24) is 0 Å². The summed E-state index contributed by atoms with van der Waals surface area (Å²) >= 11 is 12.3. The van der Waals surface area contributed by atoms with Crippen molar-refractivity contribution in [2.24, 2.45) is 0 Å². The van der Waals surface area contributed by atoms with Crippen LogP contribution in [0.3, 0.4) is 0 Å². The normalized spacial score (nSPS) is 12.7. The summed E-state index contributed by atoms with van der Waals surface area (Å²) in [5.74, 6) is 1.57. The quantitative estimate of drug-likeness (QED) is 0.884. The van der Waals surface area contributed by atoms with Gasteiger partial charge < -0.3 is 9.52 Å². The highest BCUT2D eigenvalue weighted by Crippen LogP contribution is 2.33. The number of aliphatic hydroxyl groups is 1. The molecular weight excluding hydrogens is 283 g/mol. The Labute approximate surface area is 123 Å². The molecule has 0 spiro atoms. The highest BCUT2D eigenvalue weighted by Gasteiger charge is 2.21. The maximum atomic E-state index is 10.4. The van der Waals surface area contributed by atoms with Crippen LogP contribution in [0, 0.1) is 20.8 Å². The van der Waals surface area contributed by atoms with E-state index in [9.17, 15) is 5.11 Å². The standard InChI is InChI=1S/C15H16Cl2O2/c1-8-9(2)19-10(3)15(8)14(18)7-11-12(16)5-4-6-13(11)17/h4-6,14,18H,7H2,1-3H3. The average molecular weight is 299 g/mol. The van der Waals surface area contributed by atoms with Crippen LogP contribution in [0.5, 0.6) is 0 Å². The Morgan fingerprint density at radius 1 is 1.11 bits per heavy atom. The van der Waals surface area contributed by atoms with E-state index in [4.69, 9.17) is 27.6 Å². The Hall–Kier alpha value is -0.960. The zero-order chi connectivity index (χ0) is 14.2. The molecule has 0 saturated heterocycles. The lowest BCUT2D eigenvalue weighted by Crippen LogP contribution is -2.05. The molecule has 0 bridgehead atoms. The topological polar surface area (TPSA) is 33.4 Å². The number of hydrogen-bond acceptors (Lipinski definition) is 2. The highest BCUT2D eigenvalue weighted by molar-refractivity contribution is 6.36. The van der Waals surface area contributed by atoms with Crippen LogP contribution in [0.1, 0.15) is 34.3 Å². The second-order valence-corrected chi connectivity index (χ2v) is 5.49. The van der Waals surface area contributed by atoms with Crippen molar-refractivity contribution in [2.75, 3.05) is 0 Å². The predicted molar refractivity (Wildman–Crippen MR) is 78.0 cm³/mol. The Balaban J connectivity index is 2.33. The molecule has 1 aromatic carbocycles. The molecule has 0 aliphatic rings. The third-order valence-electron chi connectivity index (χ3n) is 3.41. The fourth-order valence-corrected chi connectivity index (χ4v) is 2.87. The predicted octanol–water partition coefficient (Wildman–Crippen LogP) is 4.79. The Morgan fingerprint density at radius 2 is 1.68 bits per heavy atom. The molecule has 1 N–H and O–H groups in total. The van der Waals surface area contributed by atoms with Gasteiger partial charge in [-0.15, -0.1) is 0 Å². The number of rotatable bonds is 3. The number of halogens is 2. The number of aliphatic hydroxyl groups excluding tert-OH is 1. The van der Waals surface area contributed by atoms with Gasteiger partial charge in [0.15, 0.2) is 0 Å². The molecule has 1 unspecified atom stereocenters. The average Bonchev–Trinajstić information content (AvgIpc) is 2.58. The molecule has 0 amide bonds. The van der Waals surface area contributed by atoms with Crippen LogP contribution in [-0.2, 0) is 6.42 Å². The number of benzene rings is 1. The number of hydrogen-bond donors (Lipinski definition) is 1. The smallest absolute Gasteiger partial charge is 0.107 e. The summed E-state index contributed by atoms with van der Waals surface area (Å²) in [7, 11) is 0. The minimum atomic E-state index is -0.671. The van der Waals surface area contributed by atoms with Crippen LogP contribution < -0.4 is 0 Å². The van der Waals surface area contributed by atoms with Crippen LogP contribution >= 0.6 is 23.2 Å². The van der Waals surface area contributed by atoms with E-state index in [0.717, 1.165) is 28.2 Å². The summed E-state index contributed by atoms with van der Waals surface area (Å²) in [6.07, 6.45) is -0.297. The molecule has 0 fully saturated rings. The van der Waals surface area contributed by atoms with E-state index in [1.807, 2.05) is 20.8 Å². The lowest BCUT2D eigenvalue weighted by Gasteiger charge is -2.13. The maximum Gasteiger partial charge on any atom is 0.107 e. The van der Waals surface area contributed by atoms with E-state index in [1.54, 1.807) is 18.2 Å². The van der Waals surface area contributed by atoms with Crippen molar-refractivity contribution in [3.05, 3.63) is 56.5 Å². The Morgan fingerprint density at radius 3 is 2.16 bits per heavy atom. The van der Waals surface area contributed by atoms with Crippen molar-refractivity contribution >= 4 is 23.2 Å². The van der Waals surface area contributed by atoms with Gasteiger partial charge in [0.25, 0.3) is 0 Å². The van der Waals surface area contributed by atoms with Crippen molar-refractivity contribution in [3.63, 3.8) is 0 Å². The lowest BCUT2D eigenvalue weighted by atomic mass is 9.98. The summed E-state index contributed by atoms with van der Waals surface area (Å²) in [6.45, 7) is 5.69. The fraction of sp³-hybridized carbons (Fsp3) is 0.333. The van der Waals surface area contributed by atoms with E-state index < -0.39 is 6.10 Å². The molecule has 2 rings (SSSR count). The van der Waals surface area contributed by atoms with Gasteiger partial charge in [-0.05, 0) is 44.0 Å². The van der Waals surface area contributed by atoms with Gasteiger partial charge in [0.1, 0.15) is 11.5 Å². The molecule has 1 aromatic heterocycles. The summed E-state index contributed by atoms with van der Waals surface area (Å²) in [5.41, 5.74) is 2.57. The second kappa shape index (κ2) is 5.58. The van der Waals surface area contributed by atoms with E-state index in [1.165, 1.54) is 0 Å². The van der Waals surface area contributed by atoms with Gasteiger partial charge >= 0.3 is 0 Å². The molecule has 1 atom stereocenters. The van der Waals surface area contributed by atoms with Gasteiger partial charge in [0.05, 0.1) is 6.10 Å². The summed E-state index contributed by atoms with van der Waals surface area (Å²) < 4.78 is 5.54. The van der Waals surface area contributed by atoms with Crippen molar-refractivity contribution in [3.8, 4) is 0 Å². The minimum Gasteiger partial charge on any atom is -0.466 e. The first-order chi connectivity index (χ1) is 8.91. The summed E-state index contributed by atoms with van der Waals surface area (Å²) in [5, 5.41) is 11.6. The van der Waals surface area contributed by atoms with E-state index >= 15 is 0 Å². The summed E-state index contributed by atoms with van der Waals surface area (Å²) in [4.78, 5) is 0. The molecule has 2 aromatic rings. The van der Waals surface area contributed by atoms with Gasteiger partial charge in [-0.25, -0.2) is 0 Å². The first kappa shape index (κ1) is 14.4. The zero-order valence-electron chi connectivity index (χ0n) is 11.1.